The summed E-state index contributed by atoms with van der Waals surface area (Å²) in [4.78, 5) is 0. The lowest BCUT2D eigenvalue weighted by Gasteiger charge is -2.18. The van der Waals surface area contributed by atoms with Crippen LogP contribution in [0.5, 0.6) is 0 Å². The van der Waals surface area contributed by atoms with E-state index in [0.717, 1.165) is 22.0 Å². The summed E-state index contributed by atoms with van der Waals surface area (Å²) in [6.07, 6.45) is 0.777. The maximum Gasteiger partial charge on any atom is 0.0453 e. The van der Waals surface area contributed by atoms with E-state index < -0.39 is 0 Å². The molecule has 0 fully saturated rings. The molecular formula is C15H15Cl2N. The van der Waals surface area contributed by atoms with Gasteiger partial charge in [-0.05, 0) is 36.7 Å². The Bertz CT molecular complexity index is 491. The largest absolute Gasteiger partial charge is 0.313 e. The highest BCUT2D eigenvalue weighted by Gasteiger charge is 2.14. The predicted molar refractivity (Wildman–Crippen MR) is 78.4 cm³/mol. The van der Waals surface area contributed by atoms with Gasteiger partial charge >= 0.3 is 0 Å². The second-order valence-corrected chi connectivity index (χ2v) is 4.97. The summed E-state index contributed by atoms with van der Waals surface area (Å²) in [6.45, 7) is 0. The minimum atomic E-state index is 0.212. The van der Waals surface area contributed by atoms with Crippen molar-refractivity contribution >= 4 is 23.2 Å². The number of hydrogen-bond donors (Lipinski definition) is 1. The molecule has 2 aromatic carbocycles. The van der Waals surface area contributed by atoms with Gasteiger partial charge in [-0.15, -0.1) is 0 Å². The third kappa shape index (κ3) is 3.05. The first-order chi connectivity index (χ1) is 8.72. The van der Waals surface area contributed by atoms with E-state index >= 15 is 0 Å². The highest BCUT2D eigenvalue weighted by Crippen LogP contribution is 2.29. The van der Waals surface area contributed by atoms with Crippen LogP contribution in [-0.4, -0.2) is 7.05 Å². The number of rotatable bonds is 4. The molecule has 0 aromatic heterocycles. The molecule has 0 aliphatic rings. The molecule has 2 rings (SSSR count). The Hall–Kier alpha value is -1.02. The van der Waals surface area contributed by atoms with Crippen molar-refractivity contribution < 1.29 is 0 Å². The van der Waals surface area contributed by atoms with E-state index in [0.29, 0.717) is 0 Å². The Morgan fingerprint density at radius 2 is 1.56 bits per heavy atom. The van der Waals surface area contributed by atoms with E-state index in [9.17, 15) is 0 Å². The van der Waals surface area contributed by atoms with Gasteiger partial charge in [0, 0.05) is 16.1 Å². The molecule has 0 heterocycles. The van der Waals surface area contributed by atoms with Crippen LogP contribution in [0.1, 0.15) is 17.2 Å². The average Bonchev–Trinajstić information content (AvgIpc) is 2.40. The summed E-state index contributed by atoms with van der Waals surface area (Å²) in [6, 6.07) is 16.1. The summed E-state index contributed by atoms with van der Waals surface area (Å²) < 4.78 is 0. The van der Waals surface area contributed by atoms with Crippen LogP contribution in [0.3, 0.4) is 0 Å². The minimum absolute atomic E-state index is 0.212. The molecule has 1 N–H and O–H groups in total. The summed E-state index contributed by atoms with van der Waals surface area (Å²) in [5.41, 5.74) is 2.22. The zero-order chi connectivity index (χ0) is 13.0. The van der Waals surface area contributed by atoms with Gasteiger partial charge in [0.2, 0.25) is 0 Å². The fraction of sp³-hybridized carbons (Fsp3) is 0.200. The Morgan fingerprint density at radius 3 is 2.11 bits per heavy atom. The monoisotopic (exact) mass is 279 g/mol. The SMILES string of the molecule is CNC(Cc1c(Cl)cccc1Cl)c1ccccc1. The third-order valence-corrected chi connectivity index (χ3v) is 3.73. The normalized spacial score (nSPS) is 12.4. The molecule has 1 unspecified atom stereocenters. The van der Waals surface area contributed by atoms with Gasteiger partial charge in [0.25, 0.3) is 0 Å². The smallest absolute Gasteiger partial charge is 0.0453 e. The second-order valence-electron chi connectivity index (χ2n) is 4.16. The Balaban J connectivity index is 2.26. The zero-order valence-corrected chi connectivity index (χ0v) is 11.7. The molecule has 0 aliphatic carbocycles. The van der Waals surface area contributed by atoms with E-state index in [1.165, 1.54) is 5.56 Å². The van der Waals surface area contributed by atoms with Crippen molar-refractivity contribution in [3.63, 3.8) is 0 Å². The van der Waals surface area contributed by atoms with Crippen molar-refractivity contribution in [3.8, 4) is 0 Å². The zero-order valence-electron chi connectivity index (χ0n) is 10.2. The van der Waals surface area contributed by atoms with Gasteiger partial charge in [0.05, 0.1) is 0 Å². The number of likely N-dealkylation sites (N-methyl/N-ethyl adjacent to an activating group) is 1. The number of hydrogen-bond acceptors (Lipinski definition) is 1. The molecule has 0 radical (unpaired) electrons. The lowest BCUT2D eigenvalue weighted by atomic mass is 9.99. The predicted octanol–water partition coefficient (Wildman–Crippen LogP) is 4.50. The lowest BCUT2D eigenvalue weighted by molar-refractivity contribution is 0.592. The number of halogens is 2. The first kappa shape index (κ1) is 13.4. The van der Waals surface area contributed by atoms with Crippen molar-refractivity contribution in [2.24, 2.45) is 0 Å². The van der Waals surface area contributed by atoms with Gasteiger partial charge in [0.1, 0.15) is 0 Å². The van der Waals surface area contributed by atoms with Gasteiger partial charge in [0.15, 0.2) is 0 Å². The first-order valence-corrected chi connectivity index (χ1v) is 6.63. The Labute approximate surface area is 118 Å². The van der Waals surface area contributed by atoms with Crippen molar-refractivity contribution in [3.05, 3.63) is 69.7 Å². The van der Waals surface area contributed by atoms with E-state index in [1.54, 1.807) is 0 Å². The third-order valence-electron chi connectivity index (χ3n) is 3.02. The maximum absolute atomic E-state index is 6.21. The molecule has 2 aromatic rings. The van der Waals surface area contributed by atoms with Crippen LogP contribution in [0.4, 0.5) is 0 Å². The Kier molecular flexibility index (Phi) is 4.65. The number of benzene rings is 2. The first-order valence-electron chi connectivity index (χ1n) is 5.87. The summed E-state index contributed by atoms with van der Waals surface area (Å²) in [7, 11) is 1.95. The highest BCUT2D eigenvalue weighted by atomic mass is 35.5. The van der Waals surface area contributed by atoms with Gasteiger partial charge in [-0.2, -0.15) is 0 Å². The molecular weight excluding hydrogens is 265 g/mol. The molecule has 0 bridgehead atoms. The molecule has 3 heteroatoms. The fourth-order valence-corrected chi connectivity index (χ4v) is 2.56. The molecule has 0 amide bonds. The van der Waals surface area contributed by atoms with Crippen LogP contribution < -0.4 is 5.32 Å². The maximum atomic E-state index is 6.21. The topological polar surface area (TPSA) is 12.0 Å². The molecule has 0 spiro atoms. The average molecular weight is 280 g/mol. The number of nitrogens with one attached hydrogen (secondary N) is 1. The van der Waals surface area contributed by atoms with E-state index in [4.69, 9.17) is 23.2 Å². The highest BCUT2D eigenvalue weighted by molar-refractivity contribution is 6.36. The molecule has 1 atom stereocenters. The summed E-state index contributed by atoms with van der Waals surface area (Å²) >= 11 is 12.4. The van der Waals surface area contributed by atoms with Crippen LogP contribution in [0, 0.1) is 0 Å². The molecule has 0 saturated heterocycles. The van der Waals surface area contributed by atoms with Crippen LogP contribution in [0.15, 0.2) is 48.5 Å². The van der Waals surface area contributed by atoms with Crippen LogP contribution >= 0.6 is 23.2 Å². The second kappa shape index (κ2) is 6.24. The fourth-order valence-electron chi connectivity index (χ4n) is 2.00. The van der Waals surface area contributed by atoms with Gasteiger partial charge in [-0.3, -0.25) is 0 Å². The lowest BCUT2D eigenvalue weighted by Crippen LogP contribution is -2.19. The molecule has 18 heavy (non-hydrogen) atoms. The summed E-state index contributed by atoms with van der Waals surface area (Å²) in [5.74, 6) is 0. The van der Waals surface area contributed by atoms with Crippen molar-refractivity contribution in [1.82, 2.24) is 5.32 Å². The van der Waals surface area contributed by atoms with Crippen LogP contribution in [-0.2, 0) is 6.42 Å². The van der Waals surface area contributed by atoms with E-state index in [-0.39, 0.29) is 6.04 Å². The van der Waals surface area contributed by atoms with Gasteiger partial charge in [-0.25, -0.2) is 0 Å². The van der Waals surface area contributed by atoms with Gasteiger partial charge < -0.3 is 5.32 Å². The molecule has 0 saturated carbocycles. The molecule has 0 aliphatic heterocycles. The van der Waals surface area contributed by atoms with Gasteiger partial charge in [-0.1, -0.05) is 59.6 Å². The standard InChI is InChI=1S/C15H15Cl2N/c1-18-15(11-6-3-2-4-7-11)10-12-13(16)8-5-9-14(12)17/h2-9,15,18H,10H2,1H3. The molecule has 1 nitrogen and oxygen atoms in total. The van der Waals surface area contributed by atoms with E-state index in [2.05, 4.69) is 17.4 Å². The van der Waals surface area contributed by atoms with Crippen molar-refractivity contribution in [2.75, 3.05) is 7.05 Å². The quantitative estimate of drug-likeness (QED) is 0.869. The van der Waals surface area contributed by atoms with Crippen molar-refractivity contribution in [1.29, 1.82) is 0 Å². The molecule has 94 valence electrons. The summed E-state index contributed by atoms with van der Waals surface area (Å²) in [5, 5.41) is 4.75. The van der Waals surface area contributed by atoms with Crippen LogP contribution in [0.2, 0.25) is 10.0 Å². The Morgan fingerprint density at radius 1 is 0.944 bits per heavy atom. The minimum Gasteiger partial charge on any atom is -0.313 e. The van der Waals surface area contributed by atoms with E-state index in [1.807, 2.05) is 43.4 Å². The van der Waals surface area contributed by atoms with Crippen molar-refractivity contribution in [2.45, 2.75) is 12.5 Å². The van der Waals surface area contributed by atoms with Crippen LogP contribution in [0.25, 0.3) is 0 Å².